The normalized spacial score (nSPS) is 12.5. The van der Waals surface area contributed by atoms with E-state index in [9.17, 15) is 20.0 Å². The number of carboxylic acid groups (broad SMARTS) is 1. The molecule has 2 aromatic rings. The fourth-order valence-electron chi connectivity index (χ4n) is 2.23. The first-order valence-corrected chi connectivity index (χ1v) is 7.04. The van der Waals surface area contributed by atoms with E-state index in [0.717, 1.165) is 5.01 Å². The minimum Gasteiger partial charge on any atom is -0.481 e. The Hall–Kier alpha value is -2.02. The molecule has 20 heavy (non-hydrogen) atoms. The lowest BCUT2D eigenvalue weighted by molar-refractivity contribution is -0.385. The van der Waals surface area contributed by atoms with Gasteiger partial charge in [0.05, 0.1) is 26.1 Å². The molecule has 1 heterocycles. The summed E-state index contributed by atoms with van der Waals surface area (Å²) < 4.78 is 0.707. The van der Waals surface area contributed by atoms with Gasteiger partial charge in [-0.15, -0.1) is 11.3 Å². The van der Waals surface area contributed by atoms with Crippen LogP contribution < -0.4 is 0 Å². The van der Waals surface area contributed by atoms with Crippen molar-refractivity contribution >= 4 is 33.2 Å². The third-order valence-electron chi connectivity index (χ3n) is 3.09. The van der Waals surface area contributed by atoms with Gasteiger partial charge in [-0.2, -0.15) is 0 Å². The van der Waals surface area contributed by atoms with Crippen molar-refractivity contribution in [1.82, 2.24) is 4.98 Å². The molecule has 7 heteroatoms. The number of rotatable bonds is 5. The summed E-state index contributed by atoms with van der Waals surface area (Å²) >= 11 is 1.36. The smallest absolute Gasteiger partial charge is 0.311 e. The largest absolute Gasteiger partial charge is 0.481 e. The number of nitro groups is 1. The molecule has 0 aliphatic carbocycles. The summed E-state index contributed by atoms with van der Waals surface area (Å²) in [5, 5.41) is 21.3. The van der Waals surface area contributed by atoms with Crippen LogP contribution in [0.25, 0.3) is 10.2 Å². The molecule has 0 radical (unpaired) electrons. The summed E-state index contributed by atoms with van der Waals surface area (Å²) in [6.45, 7) is 3.67. The number of nitro benzene ring substituents is 1. The third-order valence-corrected chi connectivity index (χ3v) is 4.02. The van der Waals surface area contributed by atoms with Gasteiger partial charge < -0.3 is 5.11 Å². The summed E-state index contributed by atoms with van der Waals surface area (Å²) in [6, 6.07) is 2.98. The molecule has 0 amide bonds. The Labute approximate surface area is 119 Å². The van der Waals surface area contributed by atoms with Crippen LogP contribution in [0.1, 0.15) is 36.3 Å². The zero-order valence-electron chi connectivity index (χ0n) is 11.1. The monoisotopic (exact) mass is 294 g/mol. The van der Waals surface area contributed by atoms with Crippen LogP contribution in [0, 0.1) is 17.0 Å². The number of aryl methyl sites for hydroxylation is 1. The average Bonchev–Trinajstić information content (AvgIpc) is 2.73. The van der Waals surface area contributed by atoms with E-state index in [2.05, 4.69) is 4.98 Å². The number of hydrogen-bond donors (Lipinski definition) is 1. The highest BCUT2D eigenvalue weighted by Crippen LogP contribution is 2.35. The van der Waals surface area contributed by atoms with Crippen LogP contribution in [0.3, 0.4) is 0 Å². The predicted octanol–water partition coefficient (Wildman–Crippen LogP) is 3.48. The molecule has 6 nitrogen and oxygen atoms in total. The molecule has 0 saturated carbocycles. The second-order valence-corrected chi connectivity index (χ2v) is 5.78. The van der Waals surface area contributed by atoms with Crippen molar-refractivity contribution in [2.24, 2.45) is 0 Å². The predicted molar refractivity (Wildman–Crippen MR) is 76.3 cm³/mol. The van der Waals surface area contributed by atoms with Crippen LogP contribution in [0.5, 0.6) is 0 Å². The molecule has 0 aliphatic rings. The maximum Gasteiger partial charge on any atom is 0.311 e. The molecule has 1 unspecified atom stereocenters. The zero-order valence-corrected chi connectivity index (χ0v) is 11.9. The minimum atomic E-state index is -1.04. The van der Waals surface area contributed by atoms with Gasteiger partial charge in [0.25, 0.3) is 5.69 Å². The highest BCUT2D eigenvalue weighted by Gasteiger charge is 2.28. The van der Waals surface area contributed by atoms with Crippen LogP contribution in [-0.4, -0.2) is 21.0 Å². The molecule has 1 aromatic carbocycles. The van der Waals surface area contributed by atoms with Crippen LogP contribution in [-0.2, 0) is 4.79 Å². The highest BCUT2D eigenvalue weighted by atomic mass is 32.1. The first-order chi connectivity index (χ1) is 9.43. The second kappa shape index (κ2) is 5.54. The van der Waals surface area contributed by atoms with Crippen molar-refractivity contribution in [3.63, 3.8) is 0 Å². The molecule has 1 atom stereocenters. The van der Waals surface area contributed by atoms with Gasteiger partial charge >= 0.3 is 5.97 Å². The molecule has 1 N–H and O–H groups in total. The molecule has 1 aromatic heterocycles. The number of nitrogens with zero attached hydrogens (tertiary/aromatic N) is 2. The average molecular weight is 294 g/mol. The number of carboxylic acids is 1. The number of benzene rings is 1. The summed E-state index contributed by atoms with van der Waals surface area (Å²) in [4.78, 5) is 26.3. The van der Waals surface area contributed by atoms with E-state index in [1.165, 1.54) is 17.4 Å². The van der Waals surface area contributed by atoms with Gasteiger partial charge in [-0.05, 0) is 19.4 Å². The Bertz CT molecular complexity index is 680. The number of hydrogen-bond acceptors (Lipinski definition) is 5. The fourth-order valence-corrected chi connectivity index (χ4v) is 3.07. The first kappa shape index (κ1) is 14.4. The molecular weight excluding hydrogens is 280 g/mol. The van der Waals surface area contributed by atoms with Crippen LogP contribution in [0.2, 0.25) is 0 Å². The summed E-state index contributed by atoms with van der Waals surface area (Å²) in [5.74, 6) is -1.91. The van der Waals surface area contributed by atoms with Crippen LogP contribution >= 0.6 is 11.3 Å². The molecule has 0 bridgehead atoms. The maximum atomic E-state index is 11.4. The molecule has 0 saturated heterocycles. The summed E-state index contributed by atoms with van der Waals surface area (Å²) in [5.41, 5.74) is 0.722. The summed E-state index contributed by atoms with van der Waals surface area (Å²) in [7, 11) is 0. The van der Waals surface area contributed by atoms with Crippen molar-refractivity contribution in [1.29, 1.82) is 0 Å². The molecule has 0 fully saturated rings. The Kier molecular flexibility index (Phi) is 3.99. The third kappa shape index (κ3) is 2.62. The topological polar surface area (TPSA) is 93.3 Å². The lowest BCUT2D eigenvalue weighted by atomic mass is 9.93. The van der Waals surface area contributed by atoms with Gasteiger partial charge in [-0.1, -0.05) is 13.3 Å². The first-order valence-electron chi connectivity index (χ1n) is 6.22. The fraction of sp³-hybridized carbons (Fsp3) is 0.385. The second-order valence-electron chi connectivity index (χ2n) is 4.55. The van der Waals surface area contributed by atoms with Gasteiger partial charge in [0.2, 0.25) is 0 Å². The summed E-state index contributed by atoms with van der Waals surface area (Å²) in [6.07, 6.45) is 1.01. The standard InChI is InChI=1S/C13H14N2O4S/c1-3-4-8(13(16)17)9-5-10-12(20-7(2)14-10)6-11(9)15(18)19/h5-6,8H,3-4H2,1-2H3,(H,16,17). The van der Waals surface area contributed by atoms with Crippen molar-refractivity contribution in [3.8, 4) is 0 Å². The van der Waals surface area contributed by atoms with Crippen molar-refractivity contribution in [2.75, 3.05) is 0 Å². The van der Waals surface area contributed by atoms with E-state index in [1.807, 2.05) is 13.8 Å². The Morgan fingerprint density at radius 3 is 2.80 bits per heavy atom. The van der Waals surface area contributed by atoms with Gasteiger partial charge in [0, 0.05) is 11.6 Å². The lowest BCUT2D eigenvalue weighted by Crippen LogP contribution is -2.13. The molecule has 106 valence electrons. The Morgan fingerprint density at radius 1 is 1.55 bits per heavy atom. The lowest BCUT2D eigenvalue weighted by Gasteiger charge is -2.11. The van der Waals surface area contributed by atoms with E-state index in [1.54, 1.807) is 6.07 Å². The SMILES string of the molecule is CCCC(C(=O)O)c1cc2nc(C)sc2cc1[N+](=O)[O-]. The van der Waals surface area contributed by atoms with Crippen LogP contribution in [0.4, 0.5) is 5.69 Å². The van der Waals surface area contributed by atoms with Crippen molar-refractivity contribution in [3.05, 3.63) is 32.8 Å². The van der Waals surface area contributed by atoms with E-state index >= 15 is 0 Å². The molecule has 0 aliphatic heterocycles. The highest BCUT2D eigenvalue weighted by molar-refractivity contribution is 7.18. The van der Waals surface area contributed by atoms with Gasteiger partial charge in [-0.3, -0.25) is 14.9 Å². The van der Waals surface area contributed by atoms with Gasteiger partial charge in [-0.25, -0.2) is 4.98 Å². The number of fused-ring (bicyclic) bond motifs is 1. The Balaban J connectivity index is 2.67. The van der Waals surface area contributed by atoms with Crippen molar-refractivity contribution < 1.29 is 14.8 Å². The zero-order chi connectivity index (χ0) is 14.9. The van der Waals surface area contributed by atoms with E-state index in [-0.39, 0.29) is 11.3 Å². The maximum absolute atomic E-state index is 11.4. The molecule has 2 rings (SSSR count). The van der Waals surface area contributed by atoms with Gasteiger partial charge in [0.15, 0.2) is 0 Å². The van der Waals surface area contributed by atoms with Gasteiger partial charge in [0.1, 0.15) is 0 Å². The number of carbonyl (C=O) groups is 1. The van der Waals surface area contributed by atoms with E-state index in [0.29, 0.717) is 23.1 Å². The molecule has 0 spiro atoms. The van der Waals surface area contributed by atoms with E-state index < -0.39 is 16.8 Å². The minimum absolute atomic E-state index is 0.137. The quantitative estimate of drug-likeness (QED) is 0.673. The van der Waals surface area contributed by atoms with Crippen LogP contribution in [0.15, 0.2) is 12.1 Å². The Morgan fingerprint density at radius 2 is 2.25 bits per heavy atom. The molecular formula is C13H14N2O4S. The van der Waals surface area contributed by atoms with Crippen molar-refractivity contribution in [2.45, 2.75) is 32.6 Å². The number of aromatic nitrogens is 1. The number of thiazole rings is 1. The van der Waals surface area contributed by atoms with E-state index in [4.69, 9.17) is 0 Å². The number of aliphatic carboxylic acids is 1.